The Morgan fingerprint density at radius 2 is 2.22 bits per heavy atom. The van der Waals surface area contributed by atoms with E-state index in [2.05, 4.69) is 15.0 Å². The molecular formula is C11H17N3O3S. The molecule has 18 heavy (non-hydrogen) atoms. The van der Waals surface area contributed by atoms with Crippen molar-refractivity contribution in [1.29, 1.82) is 0 Å². The van der Waals surface area contributed by atoms with E-state index in [0.29, 0.717) is 10.8 Å². The number of primary amides is 1. The fraction of sp³-hybridized carbons (Fsp3) is 0.545. The Kier molecular flexibility index (Phi) is 4.66. The first-order valence-electron chi connectivity index (χ1n) is 5.40. The van der Waals surface area contributed by atoms with E-state index in [1.54, 1.807) is 5.38 Å². The van der Waals surface area contributed by atoms with Crippen molar-refractivity contribution in [3.63, 3.8) is 0 Å². The maximum Gasteiger partial charge on any atom is 0.311 e. The van der Waals surface area contributed by atoms with Crippen LogP contribution in [0.25, 0.3) is 0 Å². The molecule has 0 saturated heterocycles. The molecule has 0 bridgehead atoms. The topological polar surface area (TPSA) is 94.3 Å². The van der Waals surface area contributed by atoms with Gasteiger partial charge in [-0.3, -0.25) is 9.59 Å². The Hall–Kier alpha value is -1.63. The van der Waals surface area contributed by atoms with Crippen LogP contribution in [0.3, 0.4) is 0 Å². The van der Waals surface area contributed by atoms with Gasteiger partial charge in [-0.25, -0.2) is 4.98 Å². The molecule has 1 aromatic rings. The highest BCUT2D eigenvalue weighted by Gasteiger charge is 2.21. The summed E-state index contributed by atoms with van der Waals surface area (Å²) in [6.07, 6.45) is 0.351. The Morgan fingerprint density at radius 3 is 2.78 bits per heavy atom. The molecule has 100 valence electrons. The normalized spacial score (nSPS) is 11.1. The molecule has 3 N–H and O–H groups in total. The fourth-order valence-corrected chi connectivity index (χ4v) is 2.32. The smallest absolute Gasteiger partial charge is 0.311 e. The van der Waals surface area contributed by atoms with Gasteiger partial charge >= 0.3 is 5.97 Å². The van der Waals surface area contributed by atoms with Gasteiger partial charge < -0.3 is 15.8 Å². The summed E-state index contributed by atoms with van der Waals surface area (Å²) >= 11 is 1.37. The molecule has 0 aromatic carbocycles. The number of carbonyl (C=O) groups is 2. The molecule has 1 amide bonds. The van der Waals surface area contributed by atoms with Crippen LogP contribution in [0.5, 0.6) is 0 Å². The predicted molar refractivity (Wildman–Crippen MR) is 69.3 cm³/mol. The van der Waals surface area contributed by atoms with Gasteiger partial charge in [0.05, 0.1) is 19.2 Å². The number of rotatable bonds is 6. The van der Waals surface area contributed by atoms with Crippen molar-refractivity contribution in [2.24, 2.45) is 5.73 Å². The van der Waals surface area contributed by atoms with E-state index in [1.807, 2.05) is 13.8 Å². The van der Waals surface area contributed by atoms with Gasteiger partial charge in [0.1, 0.15) is 0 Å². The van der Waals surface area contributed by atoms with E-state index in [1.165, 1.54) is 18.4 Å². The third kappa shape index (κ3) is 4.70. The molecule has 0 radical (unpaired) electrons. The Bertz CT molecular complexity index is 442. The van der Waals surface area contributed by atoms with Crippen LogP contribution < -0.4 is 11.1 Å². The molecule has 0 saturated carbocycles. The SMILES string of the molecule is COC(=O)Cc1csc(NC(C)(C)CC(N)=O)n1. The van der Waals surface area contributed by atoms with E-state index in [9.17, 15) is 9.59 Å². The quantitative estimate of drug-likeness (QED) is 0.750. The highest BCUT2D eigenvalue weighted by molar-refractivity contribution is 7.13. The van der Waals surface area contributed by atoms with Gasteiger partial charge in [-0.05, 0) is 13.8 Å². The van der Waals surface area contributed by atoms with Crippen molar-refractivity contribution in [2.45, 2.75) is 32.2 Å². The molecule has 7 heteroatoms. The number of amides is 1. The van der Waals surface area contributed by atoms with E-state index in [-0.39, 0.29) is 24.7 Å². The number of aromatic nitrogens is 1. The van der Waals surface area contributed by atoms with Crippen molar-refractivity contribution in [1.82, 2.24) is 4.98 Å². The number of nitrogens with one attached hydrogen (secondary N) is 1. The third-order valence-electron chi connectivity index (χ3n) is 2.17. The average Bonchev–Trinajstić information content (AvgIpc) is 2.62. The zero-order valence-corrected chi connectivity index (χ0v) is 11.5. The summed E-state index contributed by atoms with van der Waals surface area (Å²) in [6.45, 7) is 3.72. The second kappa shape index (κ2) is 5.81. The molecule has 0 aliphatic rings. The van der Waals surface area contributed by atoms with Crippen LogP contribution in [-0.2, 0) is 20.7 Å². The van der Waals surface area contributed by atoms with Crippen molar-refractivity contribution in [2.75, 3.05) is 12.4 Å². The number of nitrogens with two attached hydrogens (primary N) is 1. The van der Waals surface area contributed by atoms with Crippen LogP contribution >= 0.6 is 11.3 Å². The number of methoxy groups -OCH3 is 1. The molecule has 1 aromatic heterocycles. The summed E-state index contributed by atoms with van der Waals surface area (Å²) in [6, 6.07) is 0. The zero-order valence-electron chi connectivity index (χ0n) is 10.6. The summed E-state index contributed by atoms with van der Waals surface area (Å²) in [4.78, 5) is 26.2. The Labute approximate surface area is 110 Å². The number of thiazole rings is 1. The molecular weight excluding hydrogens is 254 g/mol. The predicted octanol–water partition coefficient (Wildman–Crippen LogP) is 0.924. The first-order chi connectivity index (χ1) is 8.32. The minimum Gasteiger partial charge on any atom is -0.469 e. The van der Waals surface area contributed by atoms with E-state index in [0.717, 1.165) is 0 Å². The molecule has 1 heterocycles. The molecule has 0 fully saturated rings. The van der Waals surface area contributed by atoms with Gasteiger partial charge in [-0.2, -0.15) is 0 Å². The molecule has 0 atom stereocenters. The molecule has 0 spiro atoms. The van der Waals surface area contributed by atoms with Crippen molar-refractivity contribution < 1.29 is 14.3 Å². The number of esters is 1. The van der Waals surface area contributed by atoms with E-state index < -0.39 is 5.54 Å². The van der Waals surface area contributed by atoms with Crippen LogP contribution in [0.2, 0.25) is 0 Å². The number of hydrogen-bond donors (Lipinski definition) is 2. The lowest BCUT2D eigenvalue weighted by atomic mass is 10.0. The number of nitrogens with zero attached hydrogens (tertiary/aromatic N) is 1. The zero-order chi connectivity index (χ0) is 13.8. The van der Waals surface area contributed by atoms with Gasteiger partial charge in [0.15, 0.2) is 5.13 Å². The second-order valence-corrected chi connectivity index (χ2v) is 5.41. The summed E-state index contributed by atoms with van der Waals surface area (Å²) in [5, 5.41) is 5.55. The van der Waals surface area contributed by atoms with Gasteiger partial charge in [-0.1, -0.05) is 0 Å². The van der Waals surface area contributed by atoms with Crippen LogP contribution in [0.4, 0.5) is 5.13 Å². The molecule has 0 aliphatic carbocycles. The van der Waals surface area contributed by atoms with Crippen molar-refractivity contribution in [3.05, 3.63) is 11.1 Å². The maximum atomic E-state index is 11.1. The van der Waals surface area contributed by atoms with Crippen LogP contribution in [0, 0.1) is 0 Å². The van der Waals surface area contributed by atoms with Crippen LogP contribution in [0.1, 0.15) is 26.0 Å². The molecule has 0 aliphatic heterocycles. The molecule has 6 nitrogen and oxygen atoms in total. The van der Waals surface area contributed by atoms with Gasteiger partial charge in [-0.15, -0.1) is 11.3 Å². The summed E-state index contributed by atoms with van der Waals surface area (Å²) in [7, 11) is 1.34. The Morgan fingerprint density at radius 1 is 1.56 bits per heavy atom. The van der Waals surface area contributed by atoms with Crippen molar-refractivity contribution in [3.8, 4) is 0 Å². The molecule has 0 unspecified atom stereocenters. The second-order valence-electron chi connectivity index (χ2n) is 4.55. The van der Waals surface area contributed by atoms with Crippen LogP contribution in [-0.4, -0.2) is 29.5 Å². The number of carbonyl (C=O) groups excluding carboxylic acids is 2. The average molecular weight is 271 g/mol. The lowest BCUT2D eigenvalue weighted by Crippen LogP contribution is -2.35. The standard InChI is InChI=1S/C11H17N3O3S/c1-11(2,5-8(12)15)14-10-13-7(6-18-10)4-9(16)17-3/h6H,4-5H2,1-3H3,(H2,12,15)(H,13,14). The minimum absolute atomic E-state index is 0.144. The largest absolute Gasteiger partial charge is 0.469 e. The number of ether oxygens (including phenoxy) is 1. The summed E-state index contributed by atoms with van der Waals surface area (Å²) in [5.41, 5.74) is 5.34. The fourth-order valence-electron chi connectivity index (χ4n) is 1.43. The maximum absolute atomic E-state index is 11.1. The highest BCUT2D eigenvalue weighted by Crippen LogP contribution is 2.22. The monoisotopic (exact) mass is 271 g/mol. The highest BCUT2D eigenvalue weighted by atomic mass is 32.1. The minimum atomic E-state index is -0.466. The number of hydrogen-bond acceptors (Lipinski definition) is 6. The van der Waals surface area contributed by atoms with Gasteiger partial charge in [0, 0.05) is 17.3 Å². The molecule has 1 rings (SSSR count). The van der Waals surface area contributed by atoms with Gasteiger partial charge in [0.2, 0.25) is 5.91 Å². The Balaban J connectivity index is 2.63. The van der Waals surface area contributed by atoms with Crippen molar-refractivity contribution >= 4 is 28.3 Å². The summed E-state index contributed by atoms with van der Waals surface area (Å²) in [5.74, 6) is -0.706. The first kappa shape index (κ1) is 14.4. The summed E-state index contributed by atoms with van der Waals surface area (Å²) < 4.78 is 4.56. The van der Waals surface area contributed by atoms with Crippen LogP contribution in [0.15, 0.2) is 5.38 Å². The lowest BCUT2D eigenvalue weighted by molar-refractivity contribution is -0.139. The number of anilines is 1. The third-order valence-corrected chi connectivity index (χ3v) is 2.97. The lowest BCUT2D eigenvalue weighted by Gasteiger charge is -2.24. The first-order valence-corrected chi connectivity index (χ1v) is 6.28. The van der Waals surface area contributed by atoms with E-state index in [4.69, 9.17) is 5.73 Å². The van der Waals surface area contributed by atoms with Gasteiger partial charge in [0.25, 0.3) is 0 Å². The van der Waals surface area contributed by atoms with E-state index >= 15 is 0 Å².